The van der Waals surface area contributed by atoms with Gasteiger partial charge in [0.25, 0.3) is 0 Å². The van der Waals surface area contributed by atoms with Gasteiger partial charge >= 0.3 is 0 Å². The summed E-state index contributed by atoms with van der Waals surface area (Å²) in [6.45, 7) is 0. The van der Waals surface area contributed by atoms with E-state index in [4.69, 9.17) is 22.7 Å². The number of nitrogens with two attached hydrogens (primary N) is 1. The standard InChI is InChI=1S/C11H16N2OS/c1-13(2)10(11(12)15)8-4-6-9(14-3)7-5-8/h4-7,10H,1-3H3,(H2,12,15). The summed E-state index contributed by atoms with van der Waals surface area (Å²) in [6.07, 6.45) is 0. The van der Waals surface area contributed by atoms with E-state index in [-0.39, 0.29) is 6.04 Å². The molecular formula is C11H16N2OS. The molecule has 0 aliphatic rings. The van der Waals surface area contributed by atoms with Gasteiger partial charge in [0.05, 0.1) is 18.1 Å². The number of thiocarbonyl (C=S) groups is 1. The molecule has 1 aromatic carbocycles. The summed E-state index contributed by atoms with van der Waals surface area (Å²) in [5, 5.41) is 0. The van der Waals surface area contributed by atoms with E-state index in [0.29, 0.717) is 4.99 Å². The Kier molecular flexibility index (Phi) is 4.05. The zero-order chi connectivity index (χ0) is 11.4. The van der Waals surface area contributed by atoms with Gasteiger partial charge in [0.1, 0.15) is 5.75 Å². The first-order valence-corrected chi connectivity index (χ1v) is 5.06. The molecule has 0 radical (unpaired) electrons. The molecule has 1 unspecified atom stereocenters. The molecule has 2 N–H and O–H groups in total. The Morgan fingerprint density at radius 2 is 1.87 bits per heavy atom. The average molecular weight is 224 g/mol. The topological polar surface area (TPSA) is 38.5 Å². The molecule has 0 amide bonds. The molecule has 15 heavy (non-hydrogen) atoms. The lowest BCUT2D eigenvalue weighted by Crippen LogP contribution is -2.31. The van der Waals surface area contributed by atoms with Crippen LogP contribution in [-0.2, 0) is 0 Å². The van der Waals surface area contributed by atoms with Crippen molar-refractivity contribution >= 4 is 17.2 Å². The Hall–Kier alpha value is -1.13. The molecule has 1 rings (SSSR count). The number of likely N-dealkylation sites (N-methyl/N-ethyl adjacent to an activating group) is 1. The number of methoxy groups -OCH3 is 1. The normalized spacial score (nSPS) is 12.5. The van der Waals surface area contributed by atoms with Crippen molar-refractivity contribution in [2.75, 3.05) is 21.2 Å². The highest BCUT2D eigenvalue weighted by atomic mass is 32.1. The maximum absolute atomic E-state index is 5.70. The number of nitrogens with zero attached hydrogens (tertiary/aromatic N) is 1. The molecule has 0 bridgehead atoms. The quantitative estimate of drug-likeness (QED) is 0.788. The predicted molar refractivity (Wildman–Crippen MR) is 66.2 cm³/mol. The Morgan fingerprint density at radius 1 is 1.33 bits per heavy atom. The van der Waals surface area contributed by atoms with Crippen molar-refractivity contribution in [1.29, 1.82) is 0 Å². The molecule has 0 aromatic heterocycles. The van der Waals surface area contributed by atoms with Gasteiger partial charge in [-0.2, -0.15) is 0 Å². The molecule has 1 atom stereocenters. The van der Waals surface area contributed by atoms with Crippen LogP contribution in [0, 0.1) is 0 Å². The largest absolute Gasteiger partial charge is 0.497 e. The van der Waals surface area contributed by atoms with Crippen LogP contribution in [0.15, 0.2) is 24.3 Å². The van der Waals surface area contributed by atoms with Crippen LogP contribution in [0.2, 0.25) is 0 Å². The first kappa shape index (κ1) is 11.9. The van der Waals surface area contributed by atoms with Gasteiger partial charge < -0.3 is 10.5 Å². The lowest BCUT2D eigenvalue weighted by atomic mass is 10.1. The molecular weight excluding hydrogens is 208 g/mol. The maximum atomic E-state index is 5.70. The number of hydrogen-bond donors (Lipinski definition) is 1. The molecule has 0 spiro atoms. The van der Waals surface area contributed by atoms with Crippen molar-refractivity contribution in [3.63, 3.8) is 0 Å². The molecule has 0 heterocycles. The van der Waals surface area contributed by atoms with Crippen molar-refractivity contribution in [1.82, 2.24) is 4.90 Å². The van der Waals surface area contributed by atoms with Crippen molar-refractivity contribution in [3.8, 4) is 5.75 Å². The lowest BCUT2D eigenvalue weighted by Gasteiger charge is -2.23. The SMILES string of the molecule is COc1ccc(C(C(N)=S)N(C)C)cc1. The van der Waals surface area contributed by atoms with E-state index < -0.39 is 0 Å². The van der Waals surface area contributed by atoms with Gasteiger partial charge in [-0.15, -0.1) is 0 Å². The van der Waals surface area contributed by atoms with E-state index in [1.807, 2.05) is 43.3 Å². The summed E-state index contributed by atoms with van der Waals surface area (Å²) in [5.41, 5.74) is 6.78. The molecule has 1 aromatic rings. The number of ether oxygens (including phenoxy) is 1. The number of rotatable bonds is 4. The molecule has 0 aliphatic heterocycles. The van der Waals surface area contributed by atoms with Crippen LogP contribution in [0.3, 0.4) is 0 Å². The van der Waals surface area contributed by atoms with Crippen LogP contribution in [0.4, 0.5) is 0 Å². The fourth-order valence-electron chi connectivity index (χ4n) is 1.50. The lowest BCUT2D eigenvalue weighted by molar-refractivity contribution is 0.370. The van der Waals surface area contributed by atoms with Crippen LogP contribution in [0.1, 0.15) is 11.6 Å². The molecule has 82 valence electrons. The third-order valence-electron chi connectivity index (χ3n) is 2.22. The summed E-state index contributed by atoms with van der Waals surface area (Å²) in [7, 11) is 5.55. The van der Waals surface area contributed by atoms with Crippen LogP contribution in [0.25, 0.3) is 0 Å². The molecule has 0 saturated heterocycles. The molecule has 0 aliphatic carbocycles. The fourth-order valence-corrected chi connectivity index (χ4v) is 1.85. The van der Waals surface area contributed by atoms with Gasteiger partial charge in [0.2, 0.25) is 0 Å². The minimum absolute atomic E-state index is 0.0223. The van der Waals surface area contributed by atoms with Crippen molar-refractivity contribution < 1.29 is 4.74 Å². The predicted octanol–water partition coefficient (Wildman–Crippen LogP) is 1.58. The number of benzene rings is 1. The van der Waals surface area contributed by atoms with E-state index in [0.717, 1.165) is 11.3 Å². The van der Waals surface area contributed by atoms with Gasteiger partial charge in [-0.25, -0.2) is 0 Å². The fraction of sp³-hybridized carbons (Fsp3) is 0.364. The van der Waals surface area contributed by atoms with Crippen LogP contribution >= 0.6 is 12.2 Å². The third-order valence-corrected chi connectivity index (χ3v) is 2.44. The highest BCUT2D eigenvalue weighted by molar-refractivity contribution is 7.80. The second kappa shape index (κ2) is 5.09. The minimum Gasteiger partial charge on any atom is -0.497 e. The van der Waals surface area contributed by atoms with Crippen LogP contribution in [-0.4, -0.2) is 31.1 Å². The summed E-state index contributed by atoms with van der Waals surface area (Å²) in [6, 6.07) is 7.74. The highest BCUT2D eigenvalue weighted by Gasteiger charge is 2.16. The zero-order valence-corrected chi connectivity index (χ0v) is 10.0. The monoisotopic (exact) mass is 224 g/mol. The van der Waals surface area contributed by atoms with Gasteiger partial charge in [0, 0.05) is 0 Å². The van der Waals surface area contributed by atoms with Crippen LogP contribution in [0.5, 0.6) is 5.75 Å². The van der Waals surface area contributed by atoms with Gasteiger partial charge in [-0.05, 0) is 31.8 Å². The third kappa shape index (κ3) is 2.91. The van der Waals surface area contributed by atoms with Gasteiger partial charge in [0.15, 0.2) is 0 Å². The van der Waals surface area contributed by atoms with E-state index in [9.17, 15) is 0 Å². The van der Waals surface area contributed by atoms with E-state index in [2.05, 4.69) is 0 Å². The zero-order valence-electron chi connectivity index (χ0n) is 9.23. The Bertz CT molecular complexity index is 335. The Labute approximate surface area is 95.8 Å². The Balaban J connectivity index is 2.97. The smallest absolute Gasteiger partial charge is 0.118 e. The molecule has 3 nitrogen and oxygen atoms in total. The number of hydrogen-bond acceptors (Lipinski definition) is 3. The van der Waals surface area contributed by atoms with Crippen molar-refractivity contribution in [2.45, 2.75) is 6.04 Å². The second-order valence-corrected chi connectivity index (χ2v) is 4.01. The highest BCUT2D eigenvalue weighted by Crippen LogP contribution is 2.21. The first-order chi connectivity index (χ1) is 7.06. The van der Waals surface area contributed by atoms with Crippen LogP contribution < -0.4 is 10.5 Å². The van der Waals surface area contributed by atoms with Gasteiger partial charge in [-0.3, -0.25) is 4.90 Å². The van der Waals surface area contributed by atoms with E-state index in [1.54, 1.807) is 7.11 Å². The average Bonchev–Trinajstić information content (AvgIpc) is 2.18. The van der Waals surface area contributed by atoms with Crippen molar-refractivity contribution in [2.24, 2.45) is 5.73 Å². The second-order valence-electron chi connectivity index (χ2n) is 3.54. The first-order valence-electron chi connectivity index (χ1n) is 4.66. The molecule has 0 fully saturated rings. The summed E-state index contributed by atoms with van der Waals surface area (Å²) in [4.78, 5) is 2.47. The minimum atomic E-state index is -0.0223. The summed E-state index contributed by atoms with van der Waals surface area (Å²) < 4.78 is 5.09. The Morgan fingerprint density at radius 3 is 2.20 bits per heavy atom. The van der Waals surface area contributed by atoms with E-state index in [1.165, 1.54) is 0 Å². The van der Waals surface area contributed by atoms with Gasteiger partial charge in [-0.1, -0.05) is 24.4 Å². The molecule has 0 saturated carbocycles. The van der Waals surface area contributed by atoms with E-state index >= 15 is 0 Å². The summed E-state index contributed by atoms with van der Waals surface area (Å²) in [5.74, 6) is 0.833. The molecule has 4 heteroatoms. The maximum Gasteiger partial charge on any atom is 0.118 e. The summed E-state index contributed by atoms with van der Waals surface area (Å²) >= 11 is 5.04. The van der Waals surface area contributed by atoms with Crippen molar-refractivity contribution in [3.05, 3.63) is 29.8 Å².